The topological polar surface area (TPSA) is 50.4 Å². The minimum atomic E-state index is -4.56. The number of methoxy groups -OCH3 is 1. The van der Waals surface area contributed by atoms with Gasteiger partial charge >= 0.3 is 6.18 Å². The summed E-state index contributed by atoms with van der Waals surface area (Å²) in [6, 6.07) is 3.03. The van der Waals surface area contributed by atoms with E-state index in [2.05, 4.69) is 10.6 Å². The van der Waals surface area contributed by atoms with Crippen LogP contribution >= 0.6 is 0 Å². The van der Waals surface area contributed by atoms with Gasteiger partial charge in [0.1, 0.15) is 5.75 Å². The first-order valence-electron chi connectivity index (χ1n) is 6.71. The fourth-order valence-corrected chi connectivity index (χ4v) is 2.29. The van der Waals surface area contributed by atoms with Crippen molar-refractivity contribution in [2.75, 3.05) is 19.0 Å². The molecule has 1 aromatic carbocycles. The first-order chi connectivity index (χ1) is 9.91. The average molecular weight is 302 g/mol. The number of hydrogen-bond acceptors (Lipinski definition) is 3. The lowest BCUT2D eigenvalue weighted by Crippen LogP contribution is -2.43. The number of amides is 1. The van der Waals surface area contributed by atoms with Gasteiger partial charge in [-0.1, -0.05) is 6.42 Å². The van der Waals surface area contributed by atoms with Crippen molar-refractivity contribution < 1.29 is 22.7 Å². The van der Waals surface area contributed by atoms with Crippen LogP contribution < -0.4 is 15.4 Å². The molecule has 1 aliphatic heterocycles. The second-order valence-electron chi connectivity index (χ2n) is 4.90. The normalized spacial score (nSPS) is 19.1. The van der Waals surface area contributed by atoms with Gasteiger partial charge in [-0.15, -0.1) is 0 Å². The molecule has 0 aromatic heterocycles. The summed E-state index contributed by atoms with van der Waals surface area (Å²) in [6.07, 6.45) is -2.07. The molecule has 0 saturated carbocycles. The van der Waals surface area contributed by atoms with Gasteiger partial charge in [0, 0.05) is 0 Å². The van der Waals surface area contributed by atoms with Crippen LogP contribution in [-0.2, 0) is 11.0 Å². The van der Waals surface area contributed by atoms with Gasteiger partial charge in [0.2, 0.25) is 5.91 Å². The SMILES string of the molecule is COc1ccc(NC(=O)[C@@H]2CCCCN2)c(C(F)(F)F)c1. The Morgan fingerprint density at radius 2 is 2.14 bits per heavy atom. The van der Waals surface area contributed by atoms with E-state index in [0.29, 0.717) is 13.0 Å². The number of rotatable bonds is 3. The number of carbonyl (C=O) groups excluding carboxylic acids is 1. The first kappa shape index (κ1) is 15.6. The highest BCUT2D eigenvalue weighted by Crippen LogP contribution is 2.37. The van der Waals surface area contributed by atoms with E-state index in [4.69, 9.17) is 4.74 Å². The number of carbonyl (C=O) groups is 1. The Labute approximate surface area is 120 Å². The van der Waals surface area contributed by atoms with Gasteiger partial charge in [0.15, 0.2) is 0 Å². The molecule has 0 bridgehead atoms. The van der Waals surface area contributed by atoms with Crippen LogP contribution in [0.15, 0.2) is 18.2 Å². The van der Waals surface area contributed by atoms with E-state index in [-0.39, 0.29) is 11.4 Å². The Kier molecular flexibility index (Phi) is 4.72. The maximum absolute atomic E-state index is 13.0. The number of benzene rings is 1. The Morgan fingerprint density at radius 1 is 1.38 bits per heavy atom. The van der Waals surface area contributed by atoms with E-state index in [1.165, 1.54) is 19.2 Å². The van der Waals surface area contributed by atoms with Gasteiger partial charge in [-0.2, -0.15) is 13.2 Å². The van der Waals surface area contributed by atoms with Crippen molar-refractivity contribution in [1.82, 2.24) is 5.32 Å². The Balaban J connectivity index is 2.20. The second kappa shape index (κ2) is 6.34. The van der Waals surface area contributed by atoms with E-state index in [1.807, 2.05) is 0 Å². The van der Waals surface area contributed by atoms with E-state index in [0.717, 1.165) is 18.9 Å². The van der Waals surface area contributed by atoms with E-state index in [1.54, 1.807) is 0 Å². The van der Waals surface area contributed by atoms with Crippen LogP contribution in [0.1, 0.15) is 24.8 Å². The lowest BCUT2D eigenvalue weighted by Gasteiger charge is -2.23. The smallest absolute Gasteiger partial charge is 0.418 e. The zero-order valence-corrected chi connectivity index (χ0v) is 11.6. The molecule has 1 aliphatic rings. The van der Waals surface area contributed by atoms with Crippen molar-refractivity contribution in [3.05, 3.63) is 23.8 Å². The molecule has 2 N–H and O–H groups in total. The summed E-state index contributed by atoms with van der Waals surface area (Å²) in [6.45, 7) is 0.701. The van der Waals surface area contributed by atoms with Gasteiger partial charge < -0.3 is 15.4 Å². The van der Waals surface area contributed by atoms with Crippen LogP contribution in [0.25, 0.3) is 0 Å². The number of halogens is 3. The third-order valence-corrected chi connectivity index (χ3v) is 3.42. The lowest BCUT2D eigenvalue weighted by molar-refractivity contribution is -0.137. The van der Waals surface area contributed by atoms with Gasteiger partial charge in [0.05, 0.1) is 24.4 Å². The monoisotopic (exact) mass is 302 g/mol. The molecule has 0 spiro atoms. The molecule has 0 unspecified atom stereocenters. The maximum atomic E-state index is 13.0. The van der Waals surface area contributed by atoms with Gasteiger partial charge in [-0.3, -0.25) is 4.79 Å². The molecule has 0 aliphatic carbocycles. The second-order valence-corrected chi connectivity index (χ2v) is 4.90. The number of piperidine rings is 1. The van der Waals surface area contributed by atoms with Gasteiger partial charge in [0.25, 0.3) is 0 Å². The molecular formula is C14H17F3N2O2. The average Bonchev–Trinajstić information content (AvgIpc) is 2.47. The van der Waals surface area contributed by atoms with E-state index < -0.39 is 23.7 Å². The van der Waals surface area contributed by atoms with Crippen LogP contribution in [0.5, 0.6) is 5.75 Å². The number of ether oxygens (including phenoxy) is 1. The summed E-state index contributed by atoms with van der Waals surface area (Å²) in [5.74, 6) is -0.346. The number of nitrogens with one attached hydrogen (secondary N) is 2. The molecular weight excluding hydrogens is 285 g/mol. The van der Waals surface area contributed by atoms with Crippen LogP contribution in [0.2, 0.25) is 0 Å². The third-order valence-electron chi connectivity index (χ3n) is 3.42. The molecule has 4 nitrogen and oxygen atoms in total. The zero-order chi connectivity index (χ0) is 15.5. The quantitative estimate of drug-likeness (QED) is 0.902. The first-order valence-corrected chi connectivity index (χ1v) is 6.71. The molecule has 7 heteroatoms. The minimum absolute atomic E-state index is 0.0936. The Hall–Kier alpha value is -1.76. The molecule has 1 aromatic rings. The van der Waals surface area contributed by atoms with Gasteiger partial charge in [-0.25, -0.2) is 0 Å². The number of hydrogen-bond donors (Lipinski definition) is 2. The Bertz CT molecular complexity index is 511. The molecule has 1 saturated heterocycles. The predicted molar refractivity (Wildman–Crippen MR) is 72.3 cm³/mol. The summed E-state index contributed by atoms with van der Waals surface area (Å²) in [4.78, 5) is 12.0. The van der Waals surface area contributed by atoms with Crippen molar-refractivity contribution in [3.63, 3.8) is 0 Å². The maximum Gasteiger partial charge on any atom is 0.418 e. The molecule has 21 heavy (non-hydrogen) atoms. The predicted octanol–water partition coefficient (Wildman–Crippen LogP) is 2.79. The summed E-state index contributed by atoms with van der Waals surface area (Å²) in [7, 11) is 1.29. The van der Waals surface area contributed by atoms with Crippen LogP contribution in [-0.4, -0.2) is 25.6 Å². The van der Waals surface area contributed by atoms with Crippen molar-refractivity contribution in [1.29, 1.82) is 0 Å². The highest BCUT2D eigenvalue weighted by Gasteiger charge is 2.35. The summed E-state index contributed by atoms with van der Waals surface area (Å²) < 4.78 is 43.9. The van der Waals surface area contributed by atoms with Crippen molar-refractivity contribution in [3.8, 4) is 5.75 Å². The minimum Gasteiger partial charge on any atom is -0.497 e. The highest BCUT2D eigenvalue weighted by molar-refractivity contribution is 5.95. The van der Waals surface area contributed by atoms with Crippen molar-refractivity contribution >= 4 is 11.6 Å². The highest BCUT2D eigenvalue weighted by atomic mass is 19.4. The number of alkyl halides is 3. The zero-order valence-electron chi connectivity index (χ0n) is 11.6. The van der Waals surface area contributed by atoms with E-state index >= 15 is 0 Å². The summed E-state index contributed by atoms with van der Waals surface area (Å²) >= 11 is 0. The molecule has 2 rings (SSSR count). The fourth-order valence-electron chi connectivity index (χ4n) is 2.29. The van der Waals surface area contributed by atoms with Crippen LogP contribution in [0, 0.1) is 0 Å². The van der Waals surface area contributed by atoms with Crippen LogP contribution in [0.4, 0.5) is 18.9 Å². The molecule has 0 radical (unpaired) electrons. The Morgan fingerprint density at radius 3 is 2.71 bits per heavy atom. The van der Waals surface area contributed by atoms with E-state index in [9.17, 15) is 18.0 Å². The van der Waals surface area contributed by atoms with Gasteiger partial charge in [-0.05, 0) is 37.6 Å². The lowest BCUT2D eigenvalue weighted by atomic mass is 10.0. The van der Waals surface area contributed by atoms with Crippen molar-refractivity contribution in [2.24, 2.45) is 0 Å². The molecule has 1 fully saturated rings. The fraction of sp³-hybridized carbons (Fsp3) is 0.500. The van der Waals surface area contributed by atoms with Crippen molar-refractivity contribution in [2.45, 2.75) is 31.5 Å². The molecule has 1 heterocycles. The molecule has 116 valence electrons. The number of anilines is 1. The summed E-state index contributed by atoms with van der Waals surface area (Å²) in [5, 5.41) is 5.36. The molecule has 1 atom stereocenters. The molecule has 1 amide bonds. The van der Waals surface area contributed by atoms with Crippen LogP contribution in [0.3, 0.4) is 0 Å². The third kappa shape index (κ3) is 3.87. The largest absolute Gasteiger partial charge is 0.497 e. The summed E-state index contributed by atoms with van der Waals surface area (Å²) in [5.41, 5.74) is -1.16. The standard InChI is InChI=1S/C14H17F3N2O2/c1-21-9-5-6-11(10(8-9)14(15,16)17)19-13(20)12-4-2-3-7-18-12/h5-6,8,12,18H,2-4,7H2,1H3,(H,19,20)/t12-/m0/s1.